The van der Waals surface area contributed by atoms with Gasteiger partial charge in [-0.2, -0.15) is 0 Å². The molecule has 3 aromatic rings. The molecule has 1 amide bonds. The second-order valence-electron chi connectivity index (χ2n) is 6.11. The molecular formula is C21H23N3O4. The molecule has 3 rings (SSSR count). The van der Waals surface area contributed by atoms with Crippen LogP contribution in [0.15, 0.2) is 58.1 Å². The Morgan fingerprint density at radius 2 is 1.93 bits per heavy atom. The molecule has 0 bridgehead atoms. The van der Waals surface area contributed by atoms with E-state index < -0.39 is 5.91 Å². The lowest BCUT2D eigenvalue weighted by Gasteiger charge is -2.21. The van der Waals surface area contributed by atoms with Gasteiger partial charge in [-0.25, -0.2) is 0 Å². The summed E-state index contributed by atoms with van der Waals surface area (Å²) in [6.07, 6.45) is 0. The van der Waals surface area contributed by atoms with E-state index in [9.17, 15) is 10.0 Å². The van der Waals surface area contributed by atoms with Crippen LogP contribution in [-0.2, 0) is 0 Å². The molecule has 146 valence electrons. The summed E-state index contributed by atoms with van der Waals surface area (Å²) in [5.41, 5.74) is 2.01. The van der Waals surface area contributed by atoms with Crippen LogP contribution in [0.3, 0.4) is 0 Å². The SMILES string of the molecule is CCN(CC)c1ccc2cc(C(=O)Nc3ccccc3OC)c(=NO)oc2c1. The molecule has 0 saturated carbocycles. The van der Waals surface area contributed by atoms with Gasteiger partial charge in [0.05, 0.1) is 12.8 Å². The zero-order chi connectivity index (χ0) is 20.1. The molecule has 2 aromatic carbocycles. The lowest BCUT2D eigenvalue weighted by atomic mass is 10.1. The van der Waals surface area contributed by atoms with E-state index in [0.717, 1.165) is 24.2 Å². The van der Waals surface area contributed by atoms with Gasteiger partial charge < -0.3 is 24.6 Å². The third-order valence-corrected chi connectivity index (χ3v) is 4.55. The van der Waals surface area contributed by atoms with Crippen molar-refractivity contribution in [2.75, 3.05) is 30.4 Å². The molecule has 7 heteroatoms. The number of hydrogen-bond acceptors (Lipinski definition) is 6. The first kappa shape index (κ1) is 19.3. The van der Waals surface area contributed by atoms with Crippen LogP contribution < -0.4 is 20.5 Å². The Morgan fingerprint density at radius 1 is 1.18 bits per heavy atom. The van der Waals surface area contributed by atoms with Gasteiger partial charge in [-0.05, 0) is 49.3 Å². The van der Waals surface area contributed by atoms with Gasteiger partial charge >= 0.3 is 0 Å². The average molecular weight is 381 g/mol. The van der Waals surface area contributed by atoms with Crippen molar-refractivity contribution >= 4 is 28.3 Å². The molecule has 0 radical (unpaired) electrons. The Morgan fingerprint density at radius 3 is 2.61 bits per heavy atom. The van der Waals surface area contributed by atoms with E-state index in [4.69, 9.17) is 9.15 Å². The van der Waals surface area contributed by atoms with Crippen LogP contribution in [0.2, 0.25) is 0 Å². The molecule has 1 heterocycles. The number of amides is 1. The van der Waals surface area contributed by atoms with E-state index in [1.54, 1.807) is 24.3 Å². The normalized spacial score (nSPS) is 11.5. The molecule has 7 nitrogen and oxygen atoms in total. The van der Waals surface area contributed by atoms with Crippen molar-refractivity contribution in [1.29, 1.82) is 0 Å². The fourth-order valence-corrected chi connectivity index (χ4v) is 3.07. The minimum absolute atomic E-state index is 0.122. The number of benzene rings is 2. The number of hydrogen-bond donors (Lipinski definition) is 2. The van der Waals surface area contributed by atoms with Crippen LogP contribution >= 0.6 is 0 Å². The average Bonchev–Trinajstić information content (AvgIpc) is 2.73. The van der Waals surface area contributed by atoms with Crippen molar-refractivity contribution in [2.24, 2.45) is 5.16 Å². The van der Waals surface area contributed by atoms with Crippen LogP contribution in [0.1, 0.15) is 24.2 Å². The van der Waals surface area contributed by atoms with Crippen molar-refractivity contribution in [2.45, 2.75) is 13.8 Å². The van der Waals surface area contributed by atoms with Crippen LogP contribution in [0.4, 0.5) is 11.4 Å². The van der Waals surface area contributed by atoms with Crippen LogP contribution in [0.5, 0.6) is 5.75 Å². The maximum atomic E-state index is 12.8. The third-order valence-electron chi connectivity index (χ3n) is 4.55. The Balaban J connectivity index is 2.01. The van der Waals surface area contributed by atoms with Crippen LogP contribution in [-0.4, -0.2) is 31.3 Å². The van der Waals surface area contributed by atoms with Crippen molar-refractivity contribution in [1.82, 2.24) is 0 Å². The second-order valence-corrected chi connectivity index (χ2v) is 6.11. The zero-order valence-electron chi connectivity index (χ0n) is 16.1. The number of para-hydroxylation sites is 2. The summed E-state index contributed by atoms with van der Waals surface area (Å²) in [4.78, 5) is 14.9. The van der Waals surface area contributed by atoms with Gasteiger partial charge in [0.1, 0.15) is 16.9 Å². The predicted octanol–water partition coefficient (Wildman–Crippen LogP) is 3.83. The fourth-order valence-electron chi connectivity index (χ4n) is 3.07. The Hall–Kier alpha value is -3.48. The van der Waals surface area contributed by atoms with Gasteiger partial charge in [0.25, 0.3) is 11.5 Å². The number of nitrogens with one attached hydrogen (secondary N) is 1. The molecule has 0 fully saturated rings. The monoisotopic (exact) mass is 381 g/mol. The zero-order valence-corrected chi connectivity index (χ0v) is 16.1. The van der Waals surface area contributed by atoms with Gasteiger partial charge in [0, 0.05) is 30.2 Å². The molecule has 1 aromatic heterocycles. The highest BCUT2D eigenvalue weighted by Crippen LogP contribution is 2.25. The number of carbonyl (C=O) groups is 1. The highest BCUT2D eigenvalue weighted by molar-refractivity contribution is 6.06. The first-order valence-corrected chi connectivity index (χ1v) is 9.06. The highest BCUT2D eigenvalue weighted by atomic mass is 16.5. The number of nitrogens with zero attached hydrogens (tertiary/aromatic N) is 2. The first-order valence-electron chi connectivity index (χ1n) is 9.06. The van der Waals surface area contributed by atoms with E-state index in [1.807, 2.05) is 24.3 Å². The summed E-state index contributed by atoms with van der Waals surface area (Å²) in [6, 6.07) is 14.4. The standard InChI is InChI=1S/C21H23N3O4/c1-4-24(5-2)15-11-10-14-12-16(21(23-26)28-19(14)13-15)20(25)22-17-8-6-7-9-18(17)27-3/h6-13,26H,4-5H2,1-3H3,(H,22,25). The van der Waals surface area contributed by atoms with Crippen LogP contribution in [0.25, 0.3) is 11.0 Å². The molecule has 28 heavy (non-hydrogen) atoms. The quantitative estimate of drug-likeness (QED) is 0.500. The number of anilines is 2. The van der Waals surface area contributed by atoms with E-state index in [-0.39, 0.29) is 11.1 Å². The molecule has 0 aliphatic heterocycles. The minimum Gasteiger partial charge on any atom is -0.495 e. The van der Waals surface area contributed by atoms with E-state index in [1.165, 1.54) is 7.11 Å². The third kappa shape index (κ3) is 3.78. The number of methoxy groups -OCH3 is 1. The van der Waals surface area contributed by atoms with Gasteiger partial charge in [-0.15, -0.1) is 0 Å². The summed E-state index contributed by atoms with van der Waals surface area (Å²) in [5.74, 6) is 0.0655. The maximum Gasteiger partial charge on any atom is 0.268 e. The van der Waals surface area contributed by atoms with E-state index >= 15 is 0 Å². The van der Waals surface area contributed by atoms with Crippen molar-refractivity contribution in [3.05, 3.63) is 59.6 Å². The maximum absolute atomic E-state index is 12.8. The van der Waals surface area contributed by atoms with Gasteiger partial charge in [-0.3, -0.25) is 4.79 Å². The number of carbonyl (C=O) groups excluding carboxylic acids is 1. The van der Waals surface area contributed by atoms with Crippen molar-refractivity contribution in [3.63, 3.8) is 0 Å². The van der Waals surface area contributed by atoms with Gasteiger partial charge in [-0.1, -0.05) is 12.1 Å². The largest absolute Gasteiger partial charge is 0.495 e. The Labute approximate surface area is 162 Å². The summed E-state index contributed by atoms with van der Waals surface area (Å²) in [5, 5.41) is 16.0. The number of fused-ring (bicyclic) bond motifs is 1. The van der Waals surface area contributed by atoms with E-state index in [0.29, 0.717) is 17.0 Å². The van der Waals surface area contributed by atoms with Crippen molar-refractivity contribution < 1.29 is 19.2 Å². The van der Waals surface area contributed by atoms with E-state index in [2.05, 4.69) is 29.2 Å². The summed E-state index contributed by atoms with van der Waals surface area (Å²) in [7, 11) is 1.53. The second kappa shape index (κ2) is 8.47. The lowest BCUT2D eigenvalue weighted by Crippen LogP contribution is -2.23. The molecule has 0 aliphatic carbocycles. The minimum atomic E-state index is -0.462. The van der Waals surface area contributed by atoms with Crippen molar-refractivity contribution in [3.8, 4) is 5.75 Å². The topological polar surface area (TPSA) is 87.3 Å². The lowest BCUT2D eigenvalue weighted by molar-refractivity contribution is 0.102. The fraction of sp³-hybridized carbons (Fsp3) is 0.238. The molecule has 2 N–H and O–H groups in total. The first-order chi connectivity index (χ1) is 13.6. The summed E-state index contributed by atoms with van der Waals surface area (Å²) >= 11 is 0. The summed E-state index contributed by atoms with van der Waals surface area (Å²) in [6.45, 7) is 5.87. The molecule has 0 atom stereocenters. The van der Waals surface area contributed by atoms with Gasteiger partial charge in [0.15, 0.2) is 0 Å². The Bertz CT molecular complexity index is 1050. The number of rotatable bonds is 6. The molecular weight excluding hydrogens is 358 g/mol. The smallest absolute Gasteiger partial charge is 0.268 e. The molecule has 0 unspecified atom stereocenters. The highest BCUT2D eigenvalue weighted by Gasteiger charge is 2.15. The van der Waals surface area contributed by atoms with Crippen LogP contribution in [0, 0.1) is 0 Å². The molecule has 0 spiro atoms. The molecule has 0 aliphatic rings. The number of ether oxygens (including phenoxy) is 1. The predicted molar refractivity (Wildman–Crippen MR) is 108 cm³/mol. The summed E-state index contributed by atoms with van der Waals surface area (Å²) < 4.78 is 11.0. The van der Waals surface area contributed by atoms with Gasteiger partial charge in [0.2, 0.25) is 0 Å². The Kier molecular flexibility index (Phi) is 5.84. The molecule has 0 saturated heterocycles.